The fourth-order valence-electron chi connectivity index (χ4n) is 3.08. The van der Waals surface area contributed by atoms with Crippen molar-refractivity contribution in [1.29, 1.82) is 0 Å². The van der Waals surface area contributed by atoms with Gasteiger partial charge in [-0.25, -0.2) is 0 Å². The molecular weight excluding hydrogens is 204 g/mol. The first-order valence-electron chi connectivity index (χ1n) is 6.30. The summed E-state index contributed by atoms with van der Waals surface area (Å²) < 4.78 is -0.0261. The first-order valence-corrected chi connectivity index (χ1v) is 7.29. The van der Waals surface area contributed by atoms with E-state index in [1.54, 1.807) is 0 Å². The number of hydrogen-bond acceptors (Lipinski definition) is 2. The molecule has 86 valence electrons. The third-order valence-corrected chi connectivity index (χ3v) is 5.58. The van der Waals surface area contributed by atoms with Gasteiger partial charge < -0.3 is 0 Å². The largest absolute Gasteiger partial charge is 0.298 e. The Hall–Kier alpha value is 0.0200. The minimum atomic E-state index is -0.0261. The highest BCUT2D eigenvalue weighted by atomic mass is 32.2. The fraction of sp³-hybridized carbons (Fsp3) is 0.923. The number of Topliss-reactive ketones (excluding diaryl/α,β-unsaturated/α-hetero) is 1. The van der Waals surface area contributed by atoms with Crippen molar-refractivity contribution in [2.24, 2.45) is 11.8 Å². The zero-order valence-electron chi connectivity index (χ0n) is 9.92. The fourth-order valence-corrected chi connectivity index (χ4v) is 4.41. The summed E-state index contributed by atoms with van der Waals surface area (Å²) in [6.07, 6.45) is 7.23. The molecule has 0 spiro atoms. The number of carbonyl (C=O) groups is 1. The third kappa shape index (κ3) is 2.41. The van der Waals surface area contributed by atoms with Gasteiger partial charge in [0.05, 0.1) is 4.75 Å². The monoisotopic (exact) mass is 226 g/mol. The minimum absolute atomic E-state index is 0.0261. The lowest BCUT2D eigenvalue weighted by molar-refractivity contribution is -0.126. The maximum atomic E-state index is 12.4. The molecule has 1 nitrogen and oxygen atoms in total. The van der Waals surface area contributed by atoms with Gasteiger partial charge in [-0.1, -0.05) is 19.8 Å². The normalized spacial score (nSPS) is 41.7. The van der Waals surface area contributed by atoms with Gasteiger partial charge in [0.25, 0.3) is 0 Å². The Morgan fingerprint density at radius 3 is 2.73 bits per heavy atom. The molecule has 2 aliphatic rings. The van der Waals surface area contributed by atoms with Gasteiger partial charge in [-0.05, 0) is 44.3 Å². The Morgan fingerprint density at radius 1 is 1.33 bits per heavy atom. The zero-order valence-corrected chi connectivity index (χ0v) is 10.7. The first-order chi connectivity index (χ1) is 7.12. The van der Waals surface area contributed by atoms with Crippen LogP contribution in [0.25, 0.3) is 0 Å². The van der Waals surface area contributed by atoms with Gasteiger partial charge in [0, 0.05) is 5.92 Å². The molecule has 1 saturated carbocycles. The predicted octanol–water partition coefficient (Wildman–Crippen LogP) is 3.67. The third-order valence-electron chi connectivity index (χ3n) is 4.05. The van der Waals surface area contributed by atoms with Crippen LogP contribution in [0.3, 0.4) is 0 Å². The van der Waals surface area contributed by atoms with E-state index < -0.39 is 0 Å². The van der Waals surface area contributed by atoms with Gasteiger partial charge in [0.1, 0.15) is 0 Å². The molecule has 2 heteroatoms. The molecule has 0 amide bonds. The van der Waals surface area contributed by atoms with Crippen LogP contribution in [0.5, 0.6) is 0 Å². The quantitative estimate of drug-likeness (QED) is 0.714. The number of hydrogen-bond donors (Lipinski definition) is 0. The average Bonchev–Trinajstić information content (AvgIpc) is 2.65. The molecule has 0 bridgehead atoms. The van der Waals surface area contributed by atoms with Crippen LogP contribution in [-0.2, 0) is 4.79 Å². The maximum Gasteiger partial charge on any atom is 0.151 e. The van der Waals surface area contributed by atoms with E-state index in [-0.39, 0.29) is 4.75 Å². The van der Waals surface area contributed by atoms with E-state index in [4.69, 9.17) is 0 Å². The second kappa shape index (κ2) is 4.48. The zero-order chi connectivity index (χ0) is 10.9. The summed E-state index contributed by atoms with van der Waals surface area (Å²) in [5.74, 6) is 2.90. The minimum Gasteiger partial charge on any atom is -0.298 e. The van der Waals surface area contributed by atoms with E-state index >= 15 is 0 Å². The number of thioether (sulfide) groups is 1. The van der Waals surface area contributed by atoms with Crippen molar-refractivity contribution in [3.05, 3.63) is 0 Å². The molecule has 0 radical (unpaired) electrons. The SMILES string of the molecule is CC1CCCC(C(=O)C2(C)CCCS2)C1. The van der Waals surface area contributed by atoms with Crippen LogP contribution in [0.1, 0.15) is 52.4 Å². The van der Waals surface area contributed by atoms with E-state index in [1.807, 2.05) is 11.8 Å². The van der Waals surface area contributed by atoms with Gasteiger partial charge in [0.15, 0.2) is 5.78 Å². The molecule has 3 unspecified atom stereocenters. The van der Waals surface area contributed by atoms with Crippen LogP contribution in [0, 0.1) is 11.8 Å². The van der Waals surface area contributed by atoms with E-state index in [0.717, 1.165) is 25.2 Å². The predicted molar refractivity (Wildman–Crippen MR) is 66.2 cm³/mol. The molecule has 1 heterocycles. The molecule has 2 fully saturated rings. The smallest absolute Gasteiger partial charge is 0.151 e. The molecule has 0 N–H and O–H groups in total. The van der Waals surface area contributed by atoms with Gasteiger partial charge in [-0.15, -0.1) is 11.8 Å². The van der Waals surface area contributed by atoms with Crippen molar-refractivity contribution in [3.63, 3.8) is 0 Å². The van der Waals surface area contributed by atoms with Crippen molar-refractivity contribution in [3.8, 4) is 0 Å². The Kier molecular flexibility index (Phi) is 3.44. The van der Waals surface area contributed by atoms with Gasteiger partial charge >= 0.3 is 0 Å². The van der Waals surface area contributed by atoms with Crippen LogP contribution in [-0.4, -0.2) is 16.3 Å². The Bertz CT molecular complexity index is 243. The second-order valence-electron chi connectivity index (χ2n) is 5.52. The Balaban J connectivity index is 2.00. The van der Waals surface area contributed by atoms with Crippen LogP contribution in [0.15, 0.2) is 0 Å². The molecule has 1 aliphatic carbocycles. The molecule has 0 aromatic heterocycles. The summed E-state index contributed by atoms with van der Waals surface area (Å²) >= 11 is 1.90. The van der Waals surface area contributed by atoms with E-state index in [0.29, 0.717) is 11.7 Å². The van der Waals surface area contributed by atoms with E-state index in [9.17, 15) is 4.79 Å². The summed E-state index contributed by atoms with van der Waals surface area (Å²) in [5, 5.41) is 0. The molecule has 2 rings (SSSR count). The average molecular weight is 226 g/mol. The molecule has 0 aromatic carbocycles. The Morgan fingerprint density at radius 2 is 2.13 bits per heavy atom. The lowest BCUT2D eigenvalue weighted by atomic mass is 9.76. The van der Waals surface area contributed by atoms with E-state index in [2.05, 4.69) is 13.8 Å². The van der Waals surface area contributed by atoms with Gasteiger partial charge in [-0.3, -0.25) is 4.79 Å². The molecule has 1 aliphatic heterocycles. The summed E-state index contributed by atoms with van der Waals surface area (Å²) in [6.45, 7) is 4.47. The van der Waals surface area contributed by atoms with Crippen LogP contribution in [0.4, 0.5) is 0 Å². The topological polar surface area (TPSA) is 17.1 Å². The summed E-state index contributed by atoms with van der Waals surface area (Å²) in [6, 6.07) is 0. The molecule has 1 saturated heterocycles. The van der Waals surface area contributed by atoms with Gasteiger partial charge in [0.2, 0.25) is 0 Å². The number of rotatable bonds is 2. The standard InChI is InChI=1S/C13H22OS/c1-10-5-3-6-11(9-10)12(14)13(2)7-4-8-15-13/h10-11H,3-9H2,1-2H3. The van der Waals surface area contributed by atoms with E-state index in [1.165, 1.54) is 25.0 Å². The highest BCUT2D eigenvalue weighted by Gasteiger charge is 2.41. The second-order valence-corrected chi connectivity index (χ2v) is 7.11. The summed E-state index contributed by atoms with van der Waals surface area (Å²) in [7, 11) is 0. The first kappa shape index (κ1) is 11.5. The van der Waals surface area contributed by atoms with Crippen molar-refractivity contribution in [2.45, 2.75) is 57.1 Å². The lowest BCUT2D eigenvalue weighted by Crippen LogP contribution is -2.36. The number of ketones is 1. The van der Waals surface area contributed by atoms with Crippen LogP contribution >= 0.6 is 11.8 Å². The Labute approximate surface area is 97.4 Å². The van der Waals surface area contributed by atoms with Crippen molar-refractivity contribution in [2.75, 3.05) is 5.75 Å². The van der Waals surface area contributed by atoms with Crippen molar-refractivity contribution < 1.29 is 4.79 Å². The molecule has 15 heavy (non-hydrogen) atoms. The summed E-state index contributed by atoms with van der Waals surface area (Å²) in [5.41, 5.74) is 0. The molecule has 3 atom stereocenters. The highest BCUT2D eigenvalue weighted by Crippen LogP contribution is 2.43. The molecule has 0 aromatic rings. The highest BCUT2D eigenvalue weighted by molar-refractivity contribution is 8.01. The van der Waals surface area contributed by atoms with Crippen molar-refractivity contribution >= 4 is 17.5 Å². The number of carbonyl (C=O) groups excluding carboxylic acids is 1. The van der Waals surface area contributed by atoms with Crippen molar-refractivity contribution in [1.82, 2.24) is 0 Å². The lowest BCUT2D eigenvalue weighted by Gasteiger charge is -2.31. The molecular formula is C13H22OS. The van der Waals surface area contributed by atoms with Crippen LogP contribution in [0.2, 0.25) is 0 Å². The van der Waals surface area contributed by atoms with Crippen LogP contribution < -0.4 is 0 Å². The maximum absolute atomic E-state index is 12.4. The summed E-state index contributed by atoms with van der Waals surface area (Å²) in [4.78, 5) is 12.4. The van der Waals surface area contributed by atoms with Gasteiger partial charge in [-0.2, -0.15) is 0 Å².